The molecule has 2 aliphatic rings. The van der Waals surface area contributed by atoms with E-state index < -0.39 is 5.97 Å². The zero-order chi connectivity index (χ0) is 31.1. The van der Waals surface area contributed by atoms with Gasteiger partial charge in [-0.3, -0.25) is 19.4 Å². The Balaban J connectivity index is 1.35. The molecular formula is C33H43N5O5. The zero-order valence-corrected chi connectivity index (χ0v) is 26.1. The number of nitrogens with one attached hydrogen (secondary N) is 1. The Kier molecular flexibility index (Phi) is 8.54. The molecule has 1 unspecified atom stereocenters. The van der Waals surface area contributed by atoms with Gasteiger partial charge in [-0.1, -0.05) is 39.0 Å². The summed E-state index contributed by atoms with van der Waals surface area (Å²) in [4.78, 5) is 45.3. The van der Waals surface area contributed by atoms with E-state index >= 15 is 0 Å². The summed E-state index contributed by atoms with van der Waals surface area (Å²) in [5.74, 6) is -1.11. The Labute approximate surface area is 253 Å². The third kappa shape index (κ3) is 6.12. The number of amides is 2. The van der Waals surface area contributed by atoms with E-state index in [4.69, 9.17) is 4.74 Å². The molecule has 10 nitrogen and oxygen atoms in total. The molecule has 2 amide bonds. The summed E-state index contributed by atoms with van der Waals surface area (Å²) in [5.41, 5.74) is 3.29. The van der Waals surface area contributed by atoms with E-state index in [0.29, 0.717) is 31.0 Å². The fourth-order valence-electron chi connectivity index (χ4n) is 6.37. The second kappa shape index (κ2) is 12.0. The lowest BCUT2D eigenvalue weighted by Crippen LogP contribution is -2.52. The second-order valence-electron chi connectivity index (χ2n) is 12.8. The van der Waals surface area contributed by atoms with E-state index in [1.54, 1.807) is 12.1 Å². The molecule has 2 fully saturated rings. The van der Waals surface area contributed by atoms with Crippen molar-refractivity contribution in [3.05, 3.63) is 58.8 Å². The number of aryl methyl sites for hydroxylation is 1. The maximum absolute atomic E-state index is 13.7. The summed E-state index contributed by atoms with van der Waals surface area (Å²) in [6.07, 6.45) is 2.02. The van der Waals surface area contributed by atoms with E-state index in [0.717, 1.165) is 54.5 Å². The van der Waals surface area contributed by atoms with Gasteiger partial charge in [-0.05, 0) is 61.2 Å². The molecule has 2 saturated heterocycles. The first kappa shape index (κ1) is 30.6. The molecule has 3 aromatic rings. The van der Waals surface area contributed by atoms with E-state index in [1.807, 2.05) is 62.5 Å². The number of carbonyl (C=O) groups excluding carboxylic acids is 2. The maximum Gasteiger partial charge on any atom is 0.339 e. The highest BCUT2D eigenvalue weighted by Gasteiger charge is 2.33. The number of rotatable bonds is 7. The molecule has 1 aromatic heterocycles. The lowest BCUT2D eigenvalue weighted by atomic mass is 9.85. The number of carboxylic acid groups (broad SMARTS) is 1. The summed E-state index contributed by atoms with van der Waals surface area (Å²) in [7, 11) is 5.31. The molecule has 0 saturated carbocycles. The van der Waals surface area contributed by atoms with Gasteiger partial charge < -0.3 is 24.6 Å². The number of ether oxygens (including phenoxy) is 1. The van der Waals surface area contributed by atoms with Crippen molar-refractivity contribution < 1.29 is 24.2 Å². The summed E-state index contributed by atoms with van der Waals surface area (Å²) >= 11 is 0. The number of benzene rings is 2. The van der Waals surface area contributed by atoms with Crippen LogP contribution in [0.1, 0.15) is 65.6 Å². The molecule has 10 heteroatoms. The molecule has 0 spiro atoms. The Morgan fingerprint density at radius 1 is 1.02 bits per heavy atom. The largest absolute Gasteiger partial charge is 0.494 e. The van der Waals surface area contributed by atoms with Crippen molar-refractivity contribution in [1.29, 1.82) is 0 Å². The summed E-state index contributed by atoms with van der Waals surface area (Å²) in [5, 5.41) is 13.7. The number of para-hydroxylation sites is 1. The molecule has 3 heterocycles. The molecule has 2 aromatic carbocycles. The van der Waals surface area contributed by atoms with Gasteiger partial charge in [0.2, 0.25) is 5.91 Å². The molecule has 1 atom stereocenters. The summed E-state index contributed by atoms with van der Waals surface area (Å²) < 4.78 is 7.35. The van der Waals surface area contributed by atoms with Crippen LogP contribution in [-0.2, 0) is 23.8 Å². The molecule has 2 aliphatic heterocycles. The Bertz CT molecular complexity index is 1550. The monoisotopic (exact) mass is 589 g/mol. The maximum atomic E-state index is 13.7. The van der Waals surface area contributed by atoms with Crippen LogP contribution in [0.3, 0.4) is 0 Å². The molecule has 0 aliphatic carbocycles. The number of nitrogens with zero attached hydrogens (tertiary/aromatic N) is 4. The number of aromatic nitrogens is 1. The standard InChI is InChI=1S/C33H43N5O5/c1-33(2,3)23-18-24(32(41)42)29(43-6)25(19-23)34-30(39)27-17-21-9-7-10-22(28(21)36(27)5)20-37-13-15-38(16-14-37)31(40)26-11-8-12-35(26)4/h7,9-10,17-19,26H,8,11-16,20H2,1-6H3,(H,34,39)(H,41,42). The molecule has 43 heavy (non-hydrogen) atoms. The molecular weight excluding hydrogens is 546 g/mol. The molecule has 230 valence electrons. The van der Waals surface area contributed by atoms with Crippen LogP contribution in [-0.4, -0.2) is 95.1 Å². The first-order valence-electron chi connectivity index (χ1n) is 14.9. The van der Waals surface area contributed by atoms with Gasteiger partial charge in [-0.2, -0.15) is 0 Å². The van der Waals surface area contributed by atoms with Gasteiger partial charge in [0.25, 0.3) is 5.91 Å². The van der Waals surface area contributed by atoms with Crippen molar-refractivity contribution >= 4 is 34.4 Å². The number of aromatic carboxylic acids is 1. The van der Waals surface area contributed by atoms with Crippen LogP contribution < -0.4 is 10.1 Å². The highest BCUT2D eigenvalue weighted by molar-refractivity contribution is 6.08. The Morgan fingerprint density at radius 2 is 1.74 bits per heavy atom. The average Bonchev–Trinajstić information content (AvgIpc) is 3.55. The quantitative estimate of drug-likeness (QED) is 0.426. The predicted molar refractivity (Wildman–Crippen MR) is 167 cm³/mol. The van der Waals surface area contributed by atoms with Crippen LogP contribution in [0.5, 0.6) is 5.75 Å². The number of likely N-dealkylation sites (N-methyl/N-ethyl adjacent to an activating group) is 1. The van der Waals surface area contributed by atoms with Crippen molar-refractivity contribution in [1.82, 2.24) is 19.3 Å². The number of piperazine rings is 1. The van der Waals surface area contributed by atoms with Crippen LogP contribution in [0.2, 0.25) is 0 Å². The van der Waals surface area contributed by atoms with Crippen molar-refractivity contribution in [3.63, 3.8) is 0 Å². The normalized spacial score (nSPS) is 18.3. The lowest BCUT2D eigenvalue weighted by molar-refractivity contribution is -0.137. The van der Waals surface area contributed by atoms with Gasteiger partial charge in [-0.25, -0.2) is 4.79 Å². The number of hydrogen-bond donors (Lipinski definition) is 2. The number of fused-ring (bicyclic) bond motifs is 1. The molecule has 2 N–H and O–H groups in total. The number of likely N-dealkylation sites (tertiary alicyclic amines) is 1. The van der Waals surface area contributed by atoms with Crippen molar-refractivity contribution in [2.24, 2.45) is 7.05 Å². The van der Waals surface area contributed by atoms with Crippen molar-refractivity contribution in [2.75, 3.05) is 52.2 Å². The van der Waals surface area contributed by atoms with Crippen LogP contribution >= 0.6 is 0 Å². The van der Waals surface area contributed by atoms with Crippen LogP contribution in [0.15, 0.2) is 36.4 Å². The summed E-state index contributed by atoms with van der Waals surface area (Å²) in [6.45, 7) is 10.7. The van der Waals surface area contributed by atoms with Crippen molar-refractivity contribution in [3.8, 4) is 5.75 Å². The lowest BCUT2D eigenvalue weighted by Gasteiger charge is -2.37. The van der Waals surface area contributed by atoms with E-state index in [-0.39, 0.29) is 34.6 Å². The Hall–Kier alpha value is -3.89. The zero-order valence-electron chi connectivity index (χ0n) is 26.1. The van der Waals surface area contributed by atoms with Gasteiger partial charge in [-0.15, -0.1) is 0 Å². The van der Waals surface area contributed by atoms with E-state index in [2.05, 4.69) is 21.2 Å². The fraction of sp³-hybridized carbons (Fsp3) is 0.485. The van der Waals surface area contributed by atoms with Crippen molar-refractivity contribution in [2.45, 2.75) is 51.6 Å². The SMILES string of the molecule is COc1c(NC(=O)c2cc3cccc(CN4CCN(C(=O)C5CCCN5C)CC4)c3n2C)cc(C(C)(C)C)cc1C(=O)O. The van der Waals surface area contributed by atoms with E-state index in [9.17, 15) is 19.5 Å². The van der Waals surface area contributed by atoms with Gasteiger partial charge in [0.05, 0.1) is 24.4 Å². The van der Waals surface area contributed by atoms with Gasteiger partial charge in [0.15, 0.2) is 5.75 Å². The average molecular weight is 590 g/mol. The Morgan fingerprint density at radius 3 is 2.35 bits per heavy atom. The third-order valence-corrected chi connectivity index (χ3v) is 8.89. The minimum atomic E-state index is -1.12. The minimum absolute atomic E-state index is 0.00149. The van der Waals surface area contributed by atoms with E-state index in [1.165, 1.54) is 7.11 Å². The van der Waals surface area contributed by atoms with Crippen LogP contribution in [0.4, 0.5) is 5.69 Å². The van der Waals surface area contributed by atoms with Gasteiger partial charge in [0, 0.05) is 45.2 Å². The smallest absolute Gasteiger partial charge is 0.339 e. The van der Waals surface area contributed by atoms with Crippen LogP contribution in [0.25, 0.3) is 10.9 Å². The summed E-state index contributed by atoms with van der Waals surface area (Å²) in [6, 6.07) is 11.3. The van der Waals surface area contributed by atoms with Gasteiger partial charge >= 0.3 is 5.97 Å². The molecule has 0 radical (unpaired) electrons. The predicted octanol–water partition coefficient (Wildman–Crippen LogP) is 4.17. The minimum Gasteiger partial charge on any atom is -0.494 e. The first-order valence-corrected chi connectivity index (χ1v) is 14.9. The number of hydrogen-bond acceptors (Lipinski definition) is 6. The third-order valence-electron chi connectivity index (χ3n) is 8.89. The molecule has 5 rings (SSSR count). The van der Waals surface area contributed by atoms with Gasteiger partial charge in [0.1, 0.15) is 11.3 Å². The number of carbonyl (C=O) groups is 3. The second-order valence-corrected chi connectivity index (χ2v) is 12.8. The van der Waals surface area contributed by atoms with Crippen LogP contribution in [0, 0.1) is 0 Å². The highest BCUT2D eigenvalue weighted by atomic mass is 16.5. The number of anilines is 1. The topological polar surface area (TPSA) is 107 Å². The fourth-order valence-corrected chi connectivity index (χ4v) is 6.37. The number of methoxy groups -OCH3 is 1. The molecule has 0 bridgehead atoms. The highest BCUT2D eigenvalue weighted by Crippen LogP contribution is 2.36. The number of carboxylic acids is 1. The first-order chi connectivity index (χ1) is 20.4.